The number of nitrogens with one attached hydrogen (secondary N) is 3. The highest BCUT2D eigenvalue weighted by Gasteiger charge is 2.19. The Morgan fingerprint density at radius 1 is 0.964 bits per heavy atom. The van der Waals surface area contributed by atoms with Crippen LogP contribution in [0.25, 0.3) is 10.9 Å². The van der Waals surface area contributed by atoms with E-state index in [9.17, 15) is 9.59 Å². The standard InChI is InChI=1S/C20H23N5O3/c1-13(2)21-20(27)23-18-16-11-7-8-12-17(16)25(24-18)28-14(3)19(26)22-15-9-5-4-6-10-15/h4-14H,1-3H3,(H,22,26)(H2,21,23,24,27). The second kappa shape index (κ2) is 8.43. The second-order valence-corrected chi connectivity index (χ2v) is 6.59. The summed E-state index contributed by atoms with van der Waals surface area (Å²) in [4.78, 5) is 31.4. The van der Waals surface area contributed by atoms with E-state index >= 15 is 0 Å². The summed E-state index contributed by atoms with van der Waals surface area (Å²) in [7, 11) is 0. The average Bonchev–Trinajstić information content (AvgIpc) is 2.99. The van der Waals surface area contributed by atoms with Crippen molar-refractivity contribution in [2.45, 2.75) is 32.9 Å². The van der Waals surface area contributed by atoms with Crippen LogP contribution >= 0.6 is 0 Å². The van der Waals surface area contributed by atoms with Crippen LogP contribution in [0.2, 0.25) is 0 Å². The lowest BCUT2D eigenvalue weighted by Gasteiger charge is -2.14. The van der Waals surface area contributed by atoms with Crippen molar-refractivity contribution in [2.75, 3.05) is 10.6 Å². The maximum absolute atomic E-state index is 12.4. The Bertz CT molecular complexity index is 968. The summed E-state index contributed by atoms with van der Waals surface area (Å²) in [6.07, 6.45) is -0.805. The number of carbonyl (C=O) groups is 2. The minimum Gasteiger partial charge on any atom is -0.383 e. The maximum Gasteiger partial charge on any atom is 0.320 e. The monoisotopic (exact) mass is 381 g/mol. The van der Waals surface area contributed by atoms with Crippen LogP contribution < -0.4 is 20.8 Å². The van der Waals surface area contributed by atoms with Crippen molar-refractivity contribution >= 4 is 34.3 Å². The Hall–Kier alpha value is -3.55. The van der Waals surface area contributed by atoms with E-state index in [1.807, 2.05) is 50.2 Å². The van der Waals surface area contributed by atoms with Crippen LogP contribution in [0, 0.1) is 0 Å². The number of amides is 3. The molecule has 8 heteroatoms. The molecule has 3 rings (SSSR count). The molecule has 1 heterocycles. The van der Waals surface area contributed by atoms with Gasteiger partial charge in [0.05, 0.1) is 0 Å². The molecule has 0 aliphatic heterocycles. The molecule has 1 atom stereocenters. The first-order chi connectivity index (χ1) is 13.4. The van der Waals surface area contributed by atoms with Gasteiger partial charge in [-0.05, 0) is 45.0 Å². The number of hydrogen-bond acceptors (Lipinski definition) is 4. The fourth-order valence-electron chi connectivity index (χ4n) is 2.58. The van der Waals surface area contributed by atoms with Crippen LogP contribution in [-0.2, 0) is 4.79 Å². The number of benzene rings is 2. The van der Waals surface area contributed by atoms with Gasteiger partial charge >= 0.3 is 6.03 Å². The molecule has 0 saturated carbocycles. The third-order valence-corrected chi connectivity index (χ3v) is 3.88. The Morgan fingerprint density at radius 2 is 1.64 bits per heavy atom. The molecule has 3 N–H and O–H groups in total. The van der Waals surface area contributed by atoms with Crippen LogP contribution in [0.3, 0.4) is 0 Å². The topological polar surface area (TPSA) is 97.3 Å². The van der Waals surface area contributed by atoms with Crippen LogP contribution in [-0.4, -0.2) is 34.0 Å². The van der Waals surface area contributed by atoms with E-state index in [-0.39, 0.29) is 18.0 Å². The lowest BCUT2D eigenvalue weighted by molar-refractivity contribution is -0.127. The van der Waals surface area contributed by atoms with Gasteiger partial charge in [0.1, 0.15) is 5.52 Å². The molecular formula is C20H23N5O3. The van der Waals surface area contributed by atoms with Gasteiger partial charge in [-0.3, -0.25) is 10.1 Å². The molecule has 8 nitrogen and oxygen atoms in total. The highest BCUT2D eigenvalue weighted by molar-refractivity contribution is 5.99. The number of hydrogen-bond donors (Lipinski definition) is 3. The number of rotatable bonds is 6. The quantitative estimate of drug-likeness (QED) is 0.611. The van der Waals surface area contributed by atoms with Crippen LogP contribution in [0.15, 0.2) is 54.6 Å². The number of para-hydroxylation sites is 2. The normalized spacial score (nSPS) is 11.9. The fourth-order valence-corrected chi connectivity index (χ4v) is 2.58. The van der Waals surface area contributed by atoms with Gasteiger partial charge in [0.25, 0.3) is 5.91 Å². The Labute approximate surface area is 162 Å². The van der Waals surface area contributed by atoms with Crippen molar-refractivity contribution in [3.8, 4) is 0 Å². The predicted molar refractivity (Wildman–Crippen MR) is 108 cm³/mol. The van der Waals surface area contributed by atoms with Crippen LogP contribution in [0.5, 0.6) is 0 Å². The van der Waals surface area contributed by atoms with Crippen molar-refractivity contribution in [2.24, 2.45) is 0 Å². The largest absolute Gasteiger partial charge is 0.383 e. The molecule has 0 saturated heterocycles. The predicted octanol–water partition coefficient (Wildman–Crippen LogP) is 3.02. The minimum atomic E-state index is -0.805. The smallest absolute Gasteiger partial charge is 0.320 e. The lowest BCUT2D eigenvalue weighted by atomic mass is 10.2. The molecule has 146 valence electrons. The zero-order valence-electron chi connectivity index (χ0n) is 16.0. The van der Waals surface area contributed by atoms with Crippen molar-refractivity contribution in [3.63, 3.8) is 0 Å². The maximum atomic E-state index is 12.4. The van der Waals surface area contributed by atoms with E-state index in [1.54, 1.807) is 25.1 Å². The van der Waals surface area contributed by atoms with Gasteiger partial charge in [0, 0.05) is 17.1 Å². The van der Waals surface area contributed by atoms with Crippen LogP contribution in [0.4, 0.5) is 16.3 Å². The van der Waals surface area contributed by atoms with Crippen molar-refractivity contribution in [1.82, 2.24) is 15.3 Å². The summed E-state index contributed by atoms with van der Waals surface area (Å²) in [5.74, 6) is 0.0438. The van der Waals surface area contributed by atoms with Gasteiger partial charge in [0.15, 0.2) is 5.82 Å². The first-order valence-corrected chi connectivity index (χ1v) is 9.02. The molecule has 1 unspecified atom stereocenters. The summed E-state index contributed by atoms with van der Waals surface area (Å²) >= 11 is 0. The Kier molecular flexibility index (Phi) is 5.78. The summed E-state index contributed by atoms with van der Waals surface area (Å²) < 4.78 is 0. The van der Waals surface area contributed by atoms with Gasteiger partial charge in [-0.2, -0.15) is 0 Å². The SMILES string of the molecule is CC(C)NC(=O)Nc1nn(OC(C)C(=O)Nc2ccccc2)c2ccccc12. The van der Waals surface area contributed by atoms with E-state index in [0.29, 0.717) is 22.4 Å². The van der Waals surface area contributed by atoms with E-state index < -0.39 is 6.10 Å². The fraction of sp³-hybridized carbons (Fsp3) is 0.250. The van der Waals surface area contributed by atoms with Crippen molar-refractivity contribution in [1.29, 1.82) is 0 Å². The average molecular weight is 381 g/mol. The summed E-state index contributed by atoms with van der Waals surface area (Å²) in [5, 5.41) is 13.3. The number of anilines is 2. The molecule has 0 bridgehead atoms. The lowest BCUT2D eigenvalue weighted by Crippen LogP contribution is -2.36. The number of urea groups is 1. The number of nitrogens with zero attached hydrogens (tertiary/aromatic N) is 2. The second-order valence-electron chi connectivity index (χ2n) is 6.59. The number of aromatic nitrogens is 2. The van der Waals surface area contributed by atoms with Gasteiger partial charge in [-0.25, -0.2) is 4.79 Å². The number of fused-ring (bicyclic) bond motifs is 1. The third-order valence-electron chi connectivity index (χ3n) is 3.88. The molecule has 1 aromatic heterocycles. The van der Waals surface area contributed by atoms with Gasteiger partial charge in [-0.1, -0.05) is 35.2 Å². The third kappa shape index (κ3) is 4.59. The zero-order chi connectivity index (χ0) is 20.1. The highest BCUT2D eigenvalue weighted by atomic mass is 16.7. The summed E-state index contributed by atoms with van der Waals surface area (Å²) in [5.41, 5.74) is 1.32. The van der Waals surface area contributed by atoms with Crippen molar-refractivity contribution in [3.05, 3.63) is 54.6 Å². The Balaban J connectivity index is 1.77. The first kappa shape index (κ1) is 19.2. The van der Waals surface area contributed by atoms with E-state index in [1.165, 1.54) is 4.85 Å². The van der Waals surface area contributed by atoms with Gasteiger partial charge in [-0.15, -0.1) is 5.10 Å². The van der Waals surface area contributed by atoms with Gasteiger partial charge < -0.3 is 15.5 Å². The van der Waals surface area contributed by atoms with Crippen LogP contribution in [0.1, 0.15) is 20.8 Å². The Morgan fingerprint density at radius 3 is 2.36 bits per heavy atom. The molecule has 3 aromatic rings. The highest BCUT2D eigenvalue weighted by Crippen LogP contribution is 2.22. The molecular weight excluding hydrogens is 358 g/mol. The molecule has 28 heavy (non-hydrogen) atoms. The molecule has 0 aliphatic rings. The van der Waals surface area contributed by atoms with E-state index in [0.717, 1.165) is 0 Å². The molecule has 0 radical (unpaired) electrons. The molecule has 0 spiro atoms. The van der Waals surface area contributed by atoms with Gasteiger partial charge in [0.2, 0.25) is 6.10 Å². The molecule has 0 fully saturated rings. The molecule has 3 amide bonds. The minimum absolute atomic E-state index is 0.00805. The molecule has 2 aromatic carbocycles. The zero-order valence-corrected chi connectivity index (χ0v) is 16.0. The molecule has 0 aliphatic carbocycles. The van der Waals surface area contributed by atoms with E-state index in [4.69, 9.17) is 4.84 Å². The number of carbonyl (C=O) groups excluding carboxylic acids is 2. The van der Waals surface area contributed by atoms with Crippen molar-refractivity contribution < 1.29 is 14.4 Å². The van der Waals surface area contributed by atoms with E-state index in [2.05, 4.69) is 21.0 Å². The first-order valence-electron chi connectivity index (χ1n) is 9.02. The summed E-state index contributed by atoms with van der Waals surface area (Å²) in [6, 6.07) is 16.1. The summed E-state index contributed by atoms with van der Waals surface area (Å²) in [6.45, 7) is 5.37.